The van der Waals surface area contributed by atoms with Gasteiger partial charge in [-0.25, -0.2) is 8.42 Å². The first-order chi connectivity index (χ1) is 7.43. The van der Waals surface area contributed by atoms with Gasteiger partial charge in [-0.3, -0.25) is 4.79 Å². The Labute approximate surface area is 95.1 Å². The van der Waals surface area contributed by atoms with Crippen LogP contribution in [0, 0.1) is 17.8 Å². The largest absolute Gasteiger partial charge is 0.298 e. The lowest BCUT2D eigenvalue weighted by atomic mass is 9.89. The molecule has 1 saturated carbocycles. The van der Waals surface area contributed by atoms with Crippen LogP contribution in [0.15, 0.2) is 23.3 Å². The quantitative estimate of drug-likeness (QED) is 0.594. The second-order valence-electron chi connectivity index (χ2n) is 5.16. The Hall–Kier alpha value is -0.900. The molecular formula is C12H14O3S. The molecular weight excluding hydrogens is 224 g/mol. The van der Waals surface area contributed by atoms with Crippen molar-refractivity contribution in [3.05, 3.63) is 23.3 Å². The third-order valence-corrected chi connectivity index (χ3v) is 6.15. The van der Waals surface area contributed by atoms with Gasteiger partial charge in [0.25, 0.3) is 0 Å². The highest BCUT2D eigenvalue weighted by molar-refractivity contribution is 7.93. The van der Waals surface area contributed by atoms with E-state index >= 15 is 0 Å². The SMILES string of the molecule is CC(C)=C1[C@H]2C=C[C@@H]1[C@@H]1C(=O)CS(=O)(=O)[C@@H]12. The van der Waals surface area contributed by atoms with Gasteiger partial charge in [-0.15, -0.1) is 0 Å². The molecule has 1 heterocycles. The molecule has 0 aromatic carbocycles. The standard InChI is InChI=1S/C12H14O3S/c1-6(2)10-7-3-4-8(10)12-11(7)9(13)5-16(12,14)15/h3-4,7-8,11-12H,5H2,1-2H3/t7-,8+,11+,12+/m0/s1. The summed E-state index contributed by atoms with van der Waals surface area (Å²) in [6.07, 6.45) is 4.00. The Morgan fingerprint density at radius 2 is 1.88 bits per heavy atom. The summed E-state index contributed by atoms with van der Waals surface area (Å²) in [6, 6.07) is 0. The van der Waals surface area contributed by atoms with Crippen LogP contribution in [-0.2, 0) is 14.6 Å². The van der Waals surface area contributed by atoms with Crippen LogP contribution in [0.5, 0.6) is 0 Å². The first kappa shape index (κ1) is 10.3. The van der Waals surface area contributed by atoms with Crippen molar-refractivity contribution >= 4 is 15.6 Å². The Balaban J connectivity index is 2.20. The average molecular weight is 238 g/mol. The fraction of sp³-hybridized carbons (Fsp3) is 0.583. The summed E-state index contributed by atoms with van der Waals surface area (Å²) >= 11 is 0. The van der Waals surface area contributed by atoms with E-state index in [2.05, 4.69) is 0 Å². The van der Waals surface area contributed by atoms with Crippen LogP contribution in [-0.4, -0.2) is 25.2 Å². The molecule has 16 heavy (non-hydrogen) atoms. The molecule has 2 aliphatic carbocycles. The minimum atomic E-state index is -3.21. The molecule has 0 N–H and O–H groups in total. The van der Waals surface area contributed by atoms with Crippen molar-refractivity contribution in [2.45, 2.75) is 19.1 Å². The molecule has 1 aliphatic heterocycles. The number of Topliss-reactive ketones (excluding diaryl/α,β-unsaturated/α-hetero) is 1. The summed E-state index contributed by atoms with van der Waals surface area (Å²) in [4.78, 5) is 11.8. The van der Waals surface area contributed by atoms with Crippen LogP contribution in [0.1, 0.15) is 13.8 Å². The zero-order chi connectivity index (χ0) is 11.7. The highest BCUT2D eigenvalue weighted by Gasteiger charge is 2.61. The predicted octanol–water partition coefficient (Wildman–Crippen LogP) is 1.12. The lowest BCUT2D eigenvalue weighted by molar-refractivity contribution is -0.120. The molecule has 0 radical (unpaired) electrons. The first-order valence-corrected chi connectivity index (χ1v) is 7.25. The van der Waals surface area contributed by atoms with Crippen molar-refractivity contribution in [3.8, 4) is 0 Å². The minimum absolute atomic E-state index is 0.0311. The van der Waals surface area contributed by atoms with E-state index in [4.69, 9.17) is 0 Å². The van der Waals surface area contributed by atoms with Gasteiger partial charge in [-0.05, 0) is 13.8 Å². The summed E-state index contributed by atoms with van der Waals surface area (Å²) in [5, 5.41) is -0.458. The maximum absolute atomic E-state index is 11.9. The lowest BCUT2D eigenvalue weighted by Gasteiger charge is -2.16. The van der Waals surface area contributed by atoms with Gasteiger partial charge in [0.15, 0.2) is 15.6 Å². The van der Waals surface area contributed by atoms with Gasteiger partial charge in [-0.1, -0.05) is 23.3 Å². The number of hydrogen-bond acceptors (Lipinski definition) is 3. The number of ketones is 1. The topological polar surface area (TPSA) is 51.2 Å². The molecule has 0 spiro atoms. The van der Waals surface area contributed by atoms with Gasteiger partial charge in [0.1, 0.15) is 5.75 Å². The second-order valence-corrected chi connectivity index (χ2v) is 7.31. The van der Waals surface area contributed by atoms with Crippen molar-refractivity contribution in [2.24, 2.45) is 17.8 Å². The van der Waals surface area contributed by atoms with Crippen LogP contribution < -0.4 is 0 Å². The Morgan fingerprint density at radius 1 is 1.25 bits per heavy atom. The minimum Gasteiger partial charge on any atom is -0.298 e. The van der Waals surface area contributed by atoms with Gasteiger partial charge in [-0.2, -0.15) is 0 Å². The molecule has 2 fully saturated rings. The predicted molar refractivity (Wildman–Crippen MR) is 60.6 cm³/mol. The summed E-state index contributed by atoms with van der Waals surface area (Å²) in [5.41, 5.74) is 2.34. The molecule has 1 saturated heterocycles. The number of sulfone groups is 1. The van der Waals surface area contributed by atoms with Crippen LogP contribution in [0.3, 0.4) is 0 Å². The molecule has 3 rings (SSSR count). The van der Waals surface area contributed by atoms with E-state index in [-0.39, 0.29) is 29.3 Å². The van der Waals surface area contributed by atoms with Crippen LogP contribution in [0.2, 0.25) is 0 Å². The van der Waals surface area contributed by atoms with Crippen molar-refractivity contribution in [3.63, 3.8) is 0 Å². The van der Waals surface area contributed by atoms with E-state index in [9.17, 15) is 13.2 Å². The Bertz CT molecular complexity index is 535. The summed E-state index contributed by atoms with van der Waals surface area (Å²) < 4.78 is 23.9. The molecule has 4 heteroatoms. The van der Waals surface area contributed by atoms with Gasteiger partial charge >= 0.3 is 0 Å². The summed E-state index contributed by atoms with van der Waals surface area (Å²) in [6.45, 7) is 4.00. The van der Waals surface area contributed by atoms with Crippen molar-refractivity contribution < 1.29 is 13.2 Å². The molecule has 3 aliphatic rings. The zero-order valence-corrected chi connectivity index (χ0v) is 10.1. The van der Waals surface area contributed by atoms with Gasteiger partial charge in [0.05, 0.1) is 5.25 Å². The molecule has 3 nitrogen and oxygen atoms in total. The average Bonchev–Trinajstić information content (AvgIpc) is 2.75. The number of hydrogen-bond donors (Lipinski definition) is 0. The van der Waals surface area contributed by atoms with Crippen molar-refractivity contribution in [1.82, 2.24) is 0 Å². The molecule has 0 amide bonds. The van der Waals surface area contributed by atoms with Crippen LogP contribution in [0.4, 0.5) is 0 Å². The van der Waals surface area contributed by atoms with Crippen molar-refractivity contribution in [1.29, 1.82) is 0 Å². The number of rotatable bonds is 0. The fourth-order valence-electron chi connectivity index (χ4n) is 3.58. The van der Waals surface area contributed by atoms with E-state index in [1.54, 1.807) is 0 Å². The van der Waals surface area contributed by atoms with Gasteiger partial charge in [0, 0.05) is 17.8 Å². The molecule has 4 atom stereocenters. The number of carbonyl (C=O) groups is 1. The second kappa shape index (κ2) is 2.86. The third-order valence-electron chi connectivity index (χ3n) is 4.05. The maximum atomic E-state index is 11.9. The number of fused-ring (bicyclic) bond motifs is 5. The normalized spacial score (nSPS) is 42.9. The third kappa shape index (κ3) is 1.03. The molecule has 86 valence electrons. The number of allylic oxidation sites excluding steroid dienone is 4. The van der Waals surface area contributed by atoms with Gasteiger partial charge < -0.3 is 0 Å². The smallest absolute Gasteiger partial charge is 0.161 e. The summed E-state index contributed by atoms with van der Waals surface area (Å²) in [5.74, 6) is -0.584. The van der Waals surface area contributed by atoms with Crippen molar-refractivity contribution in [2.75, 3.05) is 5.75 Å². The highest BCUT2D eigenvalue weighted by atomic mass is 32.2. The van der Waals surface area contributed by atoms with E-state index < -0.39 is 15.1 Å². The van der Waals surface area contributed by atoms with Crippen LogP contribution in [0.25, 0.3) is 0 Å². The monoisotopic (exact) mass is 238 g/mol. The first-order valence-electron chi connectivity index (χ1n) is 5.53. The maximum Gasteiger partial charge on any atom is 0.161 e. The molecule has 0 unspecified atom stereocenters. The lowest BCUT2D eigenvalue weighted by Crippen LogP contribution is -2.27. The fourth-order valence-corrected chi connectivity index (χ4v) is 5.82. The molecule has 0 aromatic rings. The van der Waals surface area contributed by atoms with Crippen LogP contribution >= 0.6 is 0 Å². The Morgan fingerprint density at radius 3 is 2.44 bits per heavy atom. The van der Waals surface area contributed by atoms with Gasteiger partial charge in [0.2, 0.25) is 0 Å². The van der Waals surface area contributed by atoms with E-state index in [1.165, 1.54) is 5.57 Å². The molecule has 2 bridgehead atoms. The van der Waals surface area contributed by atoms with E-state index in [0.29, 0.717) is 0 Å². The number of carbonyl (C=O) groups excluding carboxylic acids is 1. The molecule has 0 aromatic heterocycles. The summed E-state index contributed by atoms with van der Waals surface area (Å²) in [7, 11) is -3.21. The van der Waals surface area contributed by atoms with E-state index in [1.807, 2.05) is 26.0 Å². The highest BCUT2D eigenvalue weighted by Crippen LogP contribution is 2.54. The zero-order valence-electron chi connectivity index (χ0n) is 9.30. The Kier molecular flexibility index (Phi) is 1.83. The van der Waals surface area contributed by atoms with E-state index in [0.717, 1.165) is 5.57 Å².